The molecule has 0 unspecified atom stereocenters. The number of nitrogens with zero attached hydrogens (tertiary/aromatic N) is 2. The van der Waals surface area contributed by atoms with Crippen molar-refractivity contribution in [3.05, 3.63) is 47.8 Å². The molecule has 2 rings (SSSR count). The zero-order valence-corrected chi connectivity index (χ0v) is 16.7. The van der Waals surface area contributed by atoms with E-state index in [0.29, 0.717) is 12.2 Å². The first-order valence-corrected chi connectivity index (χ1v) is 9.83. The first-order chi connectivity index (χ1) is 12.2. The van der Waals surface area contributed by atoms with Gasteiger partial charge in [-0.1, -0.05) is 51.1 Å². The second-order valence-electron chi connectivity index (χ2n) is 7.03. The van der Waals surface area contributed by atoms with Crippen molar-refractivity contribution in [2.45, 2.75) is 43.9 Å². The molecule has 0 bridgehead atoms. The number of benzene rings is 1. The molecule has 0 atom stereocenters. The summed E-state index contributed by atoms with van der Waals surface area (Å²) in [6.07, 6.45) is 0.923. The minimum absolute atomic E-state index is 0.0166. The van der Waals surface area contributed by atoms with Gasteiger partial charge >= 0.3 is 0 Å². The molecule has 26 heavy (non-hydrogen) atoms. The molecule has 0 aliphatic heterocycles. The Hall–Kier alpha value is -1.74. The zero-order chi connectivity index (χ0) is 19.4. The topological polar surface area (TPSA) is 82.5 Å². The van der Waals surface area contributed by atoms with Crippen LogP contribution in [0.15, 0.2) is 41.4 Å². The molecule has 1 aromatic carbocycles. The van der Waals surface area contributed by atoms with Crippen molar-refractivity contribution in [3.63, 3.8) is 0 Å². The molecule has 1 N–H and O–H groups in total. The molecular weight excluding hydrogens is 354 g/mol. The fraction of sp³-hybridized carbons (Fsp3) is 0.500. The first kappa shape index (κ1) is 20.6. The first-order valence-electron chi connectivity index (χ1n) is 8.34. The summed E-state index contributed by atoms with van der Waals surface area (Å²) in [5, 5.41) is 4.55. The molecule has 0 saturated carbocycles. The van der Waals surface area contributed by atoms with E-state index in [0.717, 1.165) is 5.56 Å². The van der Waals surface area contributed by atoms with Crippen LogP contribution in [0.5, 0.6) is 0 Å². The van der Waals surface area contributed by atoms with Crippen molar-refractivity contribution >= 4 is 10.0 Å². The van der Waals surface area contributed by atoms with Crippen LogP contribution in [0.4, 0.5) is 0 Å². The molecular formula is C18H27N3O4S. The predicted molar refractivity (Wildman–Crippen MR) is 99.5 cm³/mol. The third-order valence-electron chi connectivity index (χ3n) is 3.88. The number of methoxy groups -OCH3 is 2. The van der Waals surface area contributed by atoms with Crippen LogP contribution in [-0.2, 0) is 31.5 Å². The van der Waals surface area contributed by atoms with Crippen LogP contribution in [0.3, 0.4) is 0 Å². The maximum Gasteiger partial charge on any atom is 0.244 e. The summed E-state index contributed by atoms with van der Waals surface area (Å²) in [5.74, 6) is 0. The molecule has 1 heterocycles. The van der Waals surface area contributed by atoms with Crippen molar-refractivity contribution in [1.29, 1.82) is 0 Å². The van der Waals surface area contributed by atoms with Gasteiger partial charge in [0.05, 0.1) is 18.8 Å². The van der Waals surface area contributed by atoms with E-state index in [-0.39, 0.29) is 11.4 Å². The number of sulfonamides is 1. The van der Waals surface area contributed by atoms with Gasteiger partial charge in [0.15, 0.2) is 6.29 Å². The number of nitrogens with one attached hydrogen (secondary N) is 1. The molecule has 0 amide bonds. The highest BCUT2D eigenvalue weighted by Crippen LogP contribution is 2.27. The summed E-state index contributed by atoms with van der Waals surface area (Å²) in [6, 6.07) is 9.78. The van der Waals surface area contributed by atoms with Crippen LogP contribution >= 0.6 is 0 Å². The number of hydrogen-bond acceptors (Lipinski definition) is 5. The molecule has 8 heteroatoms. The van der Waals surface area contributed by atoms with E-state index >= 15 is 0 Å². The molecule has 2 aromatic rings. The number of ether oxygens (including phenoxy) is 2. The van der Waals surface area contributed by atoms with E-state index < -0.39 is 21.7 Å². The van der Waals surface area contributed by atoms with Gasteiger partial charge in [-0.3, -0.25) is 4.68 Å². The lowest BCUT2D eigenvalue weighted by Gasteiger charge is -2.18. The Labute approximate surface area is 155 Å². The Kier molecular flexibility index (Phi) is 6.57. The number of aromatic nitrogens is 2. The Morgan fingerprint density at radius 1 is 1.15 bits per heavy atom. The van der Waals surface area contributed by atoms with Crippen LogP contribution in [0, 0.1) is 0 Å². The maximum absolute atomic E-state index is 12.8. The second-order valence-corrected chi connectivity index (χ2v) is 8.76. The fourth-order valence-electron chi connectivity index (χ4n) is 2.49. The molecule has 0 aliphatic carbocycles. The summed E-state index contributed by atoms with van der Waals surface area (Å²) in [6.45, 7) is 6.33. The smallest absolute Gasteiger partial charge is 0.244 e. The number of hydrogen-bond donors (Lipinski definition) is 1. The molecule has 0 saturated heterocycles. The van der Waals surface area contributed by atoms with Crippen molar-refractivity contribution in [2.75, 3.05) is 20.8 Å². The standard InChI is InChI=1S/C18H27N3O4S/c1-18(2,3)17-15(26(22,23)19-11-16(24-4)25-5)13-21(20-17)12-14-9-7-6-8-10-14/h6-10,13,16,19H,11-12H2,1-5H3. The average Bonchev–Trinajstić information content (AvgIpc) is 3.02. The molecule has 0 radical (unpaired) electrons. The fourth-order valence-corrected chi connectivity index (χ4v) is 3.86. The summed E-state index contributed by atoms with van der Waals surface area (Å²) >= 11 is 0. The molecule has 0 aliphatic rings. The molecule has 1 aromatic heterocycles. The van der Waals surface area contributed by atoms with Crippen LogP contribution in [0.2, 0.25) is 0 Å². The highest BCUT2D eigenvalue weighted by molar-refractivity contribution is 7.89. The van der Waals surface area contributed by atoms with Gasteiger partial charge in [0.1, 0.15) is 4.90 Å². The van der Waals surface area contributed by atoms with Gasteiger partial charge in [-0.25, -0.2) is 13.1 Å². The highest BCUT2D eigenvalue weighted by Gasteiger charge is 2.30. The molecule has 0 spiro atoms. The predicted octanol–water partition coefficient (Wildman–Crippen LogP) is 2.13. The Morgan fingerprint density at radius 2 is 1.77 bits per heavy atom. The van der Waals surface area contributed by atoms with Crippen LogP contribution < -0.4 is 4.72 Å². The van der Waals surface area contributed by atoms with E-state index in [9.17, 15) is 8.42 Å². The van der Waals surface area contributed by atoms with E-state index in [1.807, 2.05) is 51.1 Å². The van der Waals surface area contributed by atoms with Gasteiger partial charge in [0.25, 0.3) is 0 Å². The lowest BCUT2D eigenvalue weighted by Crippen LogP contribution is -2.35. The van der Waals surface area contributed by atoms with Crippen LogP contribution in [0.25, 0.3) is 0 Å². The second kappa shape index (κ2) is 8.30. The maximum atomic E-state index is 12.8. The van der Waals surface area contributed by atoms with Gasteiger partial charge < -0.3 is 9.47 Å². The van der Waals surface area contributed by atoms with Crippen molar-refractivity contribution in [3.8, 4) is 0 Å². The third kappa shape index (κ3) is 5.14. The van der Waals surface area contributed by atoms with Gasteiger partial charge in [0.2, 0.25) is 10.0 Å². The summed E-state index contributed by atoms with van der Waals surface area (Å²) in [4.78, 5) is 0.173. The monoisotopic (exact) mass is 381 g/mol. The lowest BCUT2D eigenvalue weighted by atomic mass is 9.92. The average molecular weight is 381 g/mol. The third-order valence-corrected chi connectivity index (χ3v) is 5.31. The highest BCUT2D eigenvalue weighted by atomic mass is 32.2. The van der Waals surface area contributed by atoms with Crippen molar-refractivity contribution in [1.82, 2.24) is 14.5 Å². The van der Waals surface area contributed by atoms with E-state index in [1.54, 1.807) is 10.9 Å². The van der Waals surface area contributed by atoms with Crippen molar-refractivity contribution < 1.29 is 17.9 Å². The van der Waals surface area contributed by atoms with Gasteiger partial charge in [-0.15, -0.1) is 0 Å². The van der Waals surface area contributed by atoms with Crippen LogP contribution in [-0.4, -0.2) is 45.3 Å². The summed E-state index contributed by atoms with van der Waals surface area (Å²) < 4.78 is 39.9. The lowest BCUT2D eigenvalue weighted by molar-refractivity contribution is -0.0960. The molecule has 144 valence electrons. The summed E-state index contributed by atoms with van der Waals surface area (Å²) in [7, 11) is -0.836. The minimum Gasteiger partial charge on any atom is -0.355 e. The minimum atomic E-state index is -3.75. The molecule has 7 nitrogen and oxygen atoms in total. The van der Waals surface area contributed by atoms with E-state index in [4.69, 9.17) is 9.47 Å². The van der Waals surface area contributed by atoms with Crippen LogP contribution in [0.1, 0.15) is 32.0 Å². The largest absolute Gasteiger partial charge is 0.355 e. The van der Waals surface area contributed by atoms with E-state index in [1.165, 1.54) is 14.2 Å². The SMILES string of the molecule is COC(CNS(=O)(=O)c1cn(Cc2ccccc2)nc1C(C)(C)C)OC. The Balaban J connectivity index is 2.33. The Morgan fingerprint density at radius 3 is 2.31 bits per heavy atom. The number of rotatable bonds is 8. The van der Waals surface area contributed by atoms with Crippen molar-refractivity contribution in [2.24, 2.45) is 0 Å². The quantitative estimate of drug-likeness (QED) is 0.709. The molecule has 0 fully saturated rings. The Bertz CT molecular complexity index is 807. The van der Waals surface area contributed by atoms with Gasteiger partial charge in [0, 0.05) is 25.8 Å². The van der Waals surface area contributed by atoms with Gasteiger partial charge in [-0.05, 0) is 5.56 Å². The van der Waals surface area contributed by atoms with Gasteiger partial charge in [-0.2, -0.15) is 5.10 Å². The summed E-state index contributed by atoms with van der Waals surface area (Å²) in [5.41, 5.74) is 1.15. The zero-order valence-electron chi connectivity index (χ0n) is 15.9. The normalized spacial score (nSPS) is 12.7. The van der Waals surface area contributed by atoms with E-state index in [2.05, 4.69) is 9.82 Å².